The van der Waals surface area contributed by atoms with Crippen molar-refractivity contribution in [2.24, 2.45) is 0 Å². The van der Waals surface area contributed by atoms with Crippen LogP contribution in [0.2, 0.25) is 0 Å². The first-order chi connectivity index (χ1) is 8.78. The largest absolute Gasteiger partial charge is 0.480 e. The summed E-state index contributed by atoms with van der Waals surface area (Å²) in [7, 11) is 4.09. The van der Waals surface area contributed by atoms with Crippen LogP contribution in [0.15, 0.2) is 0 Å². The Kier molecular flexibility index (Phi) is 5.77. The molecule has 0 saturated heterocycles. The summed E-state index contributed by atoms with van der Waals surface area (Å²) in [5.41, 5.74) is -0.849. The molecule has 0 heterocycles. The molecule has 19 heavy (non-hydrogen) atoms. The first-order valence-electron chi connectivity index (χ1n) is 7.18. The number of hydrogen-bond donors (Lipinski definition) is 2. The van der Waals surface area contributed by atoms with Crippen LogP contribution < -0.4 is 5.32 Å². The fourth-order valence-electron chi connectivity index (χ4n) is 2.48. The highest BCUT2D eigenvalue weighted by molar-refractivity contribution is 5.78. The molecule has 0 radical (unpaired) electrons. The van der Waals surface area contributed by atoms with Gasteiger partial charge in [-0.1, -0.05) is 6.92 Å². The number of carboxylic acid groups (broad SMARTS) is 1. The van der Waals surface area contributed by atoms with Crippen molar-refractivity contribution in [1.29, 1.82) is 0 Å². The van der Waals surface area contributed by atoms with Crippen molar-refractivity contribution in [3.05, 3.63) is 0 Å². The second-order valence-corrected chi connectivity index (χ2v) is 6.23. The Labute approximate surface area is 117 Å². The van der Waals surface area contributed by atoms with Gasteiger partial charge in [-0.05, 0) is 47.3 Å². The van der Waals surface area contributed by atoms with Crippen molar-refractivity contribution < 1.29 is 9.90 Å². The molecule has 1 aliphatic carbocycles. The van der Waals surface area contributed by atoms with E-state index in [9.17, 15) is 9.90 Å². The van der Waals surface area contributed by atoms with E-state index in [2.05, 4.69) is 29.0 Å². The highest BCUT2D eigenvalue weighted by Crippen LogP contribution is 2.23. The number of carbonyl (C=O) groups is 1. The second-order valence-electron chi connectivity index (χ2n) is 6.23. The predicted molar refractivity (Wildman–Crippen MR) is 77.5 cm³/mol. The van der Waals surface area contributed by atoms with E-state index in [1.54, 1.807) is 6.92 Å². The third kappa shape index (κ3) is 5.09. The molecule has 2 N–H and O–H groups in total. The van der Waals surface area contributed by atoms with Gasteiger partial charge in [-0.15, -0.1) is 0 Å². The van der Waals surface area contributed by atoms with Crippen molar-refractivity contribution in [2.75, 3.05) is 33.7 Å². The molecule has 1 rings (SSSR count). The van der Waals surface area contributed by atoms with Crippen LogP contribution in [0.25, 0.3) is 0 Å². The molecule has 2 unspecified atom stereocenters. The number of carboxylic acids is 1. The van der Waals surface area contributed by atoms with Gasteiger partial charge in [0.25, 0.3) is 0 Å². The summed E-state index contributed by atoms with van der Waals surface area (Å²) in [6, 6.07) is 0.739. The van der Waals surface area contributed by atoms with Crippen LogP contribution >= 0.6 is 0 Å². The van der Waals surface area contributed by atoms with Crippen molar-refractivity contribution in [2.45, 2.75) is 51.2 Å². The standard InChI is InChI=1S/C14H29N3O2/c1-6-17(11(2)9-16(4)5)10-14(3,13(18)19)15-12-7-8-12/h11-12,15H,6-10H2,1-5H3,(H,18,19). The lowest BCUT2D eigenvalue weighted by Gasteiger charge is -2.37. The lowest BCUT2D eigenvalue weighted by atomic mass is 10.0. The number of rotatable bonds is 9. The number of hydrogen-bond acceptors (Lipinski definition) is 4. The van der Waals surface area contributed by atoms with E-state index < -0.39 is 11.5 Å². The van der Waals surface area contributed by atoms with Crippen LogP contribution in [0.4, 0.5) is 0 Å². The zero-order chi connectivity index (χ0) is 14.6. The van der Waals surface area contributed by atoms with Gasteiger partial charge in [0.2, 0.25) is 0 Å². The summed E-state index contributed by atoms with van der Waals surface area (Å²) >= 11 is 0. The average molecular weight is 271 g/mol. The van der Waals surface area contributed by atoms with E-state index in [1.165, 1.54) is 0 Å². The maximum Gasteiger partial charge on any atom is 0.324 e. The Morgan fingerprint density at radius 2 is 2.05 bits per heavy atom. The molecule has 0 amide bonds. The predicted octanol–water partition coefficient (Wildman–Crippen LogP) is 0.854. The van der Waals surface area contributed by atoms with Gasteiger partial charge in [0.05, 0.1) is 0 Å². The number of aliphatic carboxylic acids is 1. The lowest BCUT2D eigenvalue weighted by Crippen LogP contribution is -2.59. The van der Waals surface area contributed by atoms with Gasteiger partial charge >= 0.3 is 5.97 Å². The molecular weight excluding hydrogens is 242 g/mol. The second kappa shape index (κ2) is 6.68. The first-order valence-corrected chi connectivity index (χ1v) is 7.18. The summed E-state index contributed by atoms with van der Waals surface area (Å²) in [6.07, 6.45) is 2.20. The molecule has 2 atom stereocenters. The Hall–Kier alpha value is -0.650. The van der Waals surface area contributed by atoms with E-state index in [1.807, 2.05) is 14.1 Å². The van der Waals surface area contributed by atoms with Gasteiger partial charge in [-0.3, -0.25) is 15.0 Å². The van der Waals surface area contributed by atoms with Gasteiger partial charge in [-0.25, -0.2) is 0 Å². The zero-order valence-electron chi connectivity index (χ0n) is 12.9. The maximum absolute atomic E-state index is 11.6. The van der Waals surface area contributed by atoms with Crippen LogP contribution in [0, 0.1) is 0 Å². The van der Waals surface area contributed by atoms with Crippen molar-refractivity contribution in [3.8, 4) is 0 Å². The Bertz CT molecular complexity index is 305. The number of nitrogens with one attached hydrogen (secondary N) is 1. The number of likely N-dealkylation sites (N-methyl/N-ethyl adjacent to an activating group) is 2. The van der Waals surface area contributed by atoms with E-state index in [0.29, 0.717) is 18.6 Å². The van der Waals surface area contributed by atoms with Crippen LogP contribution in [0.5, 0.6) is 0 Å². The molecule has 5 nitrogen and oxygen atoms in total. The Morgan fingerprint density at radius 1 is 1.47 bits per heavy atom. The zero-order valence-corrected chi connectivity index (χ0v) is 12.9. The topological polar surface area (TPSA) is 55.8 Å². The highest BCUT2D eigenvalue weighted by atomic mass is 16.4. The molecule has 112 valence electrons. The van der Waals surface area contributed by atoms with E-state index in [-0.39, 0.29) is 0 Å². The molecule has 5 heteroatoms. The lowest BCUT2D eigenvalue weighted by molar-refractivity contribution is -0.145. The van der Waals surface area contributed by atoms with Crippen LogP contribution in [0.1, 0.15) is 33.6 Å². The molecular formula is C14H29N3O2. The summed E-state index contributed by atoms with van der Waals surface area (Å²) in [5.74, 6) is -0.755. The van der Waals surface area contributed by atoms with Crippen molar-refractivity contribution in [1.82, 2.24) is 15.1 Å². The normalized spacial score (nSPS) is 20.6. The molecule has 0 spiro atoms. The van der Waals surface area contributed by atoms with Crippen LogP contribution in [-0.2, 0) is 4.79 Å². The van der Waals surface area contributed by atoms with Gasteiger partial charge in [0.15, 0.2) is 0 Å². The van der Waals surface area contributed by atoms with E-state index >= 15 is 0 Å². The molecule has 0 aliphatic heterocycles. The van der Waals surface area contributed by atoms with E-state index in [0.717, 1.165) is 25.9 Å². The Balaban J connectivity index is 2.65. The fraction of sp³-hybridized carbons (Fsp3) is 0.929. The SMILES string of the molecule is CCN(CC(C)(NC1CC1)C(=O)O)C(C)CN(C)C. The fourth-order valence-corrected chi connectivity index (χ4v) is 2.48. The van der Waals surface area contributed by atoms with E-state index in [4.69, 9.17) is 0 Å². The third-order valence-corrected chi connectivity index (χ3v) is 3.75. The molecule has 1 fully saturated rings. The quantitative estimate of drug-likeness (QED) is 0.651. The van der Waals surface area contributed by atoms with Crippen molar-refractivity contribution >= 4 is 5.97 Å². The monoisotopic (exact) mass is 271 g/mol. The minimum absolute atomic E-state index is 0.347. The third-order valence-electron chi connectivity index (χ3n) is 3.75. The summed E-state index contributed by atoms with van der Waals surface area (Å²) in [4.78, 5) is 16.0. The first kappa shape index (κ1) is 16.4. The molecule has 0 aromatic heterocycles. The maximum atomic E-state index is 11.6. The van der Waals surface area contributed by atoms with Crippen molar-refractivity contribution in [3.63, 3.8) is 0 Å². The molecule has 0 aromatic carbocycles. The average Bonchev–Trinajstić information content (AvgIpc) is 3.08. The van der Waals surface area contributed by atoms with Crippen LogP contribution in [0.3, 0.4) is 0 Å². The smallest absolute Gasteiger partial charge is 0.324 e. The highest BCUT2D eigenvalue weighted by Gasteiger charge is 2.40. The minimum atomic E-state index is -0.849. The number of nitrogens with zero attached hydrogens (tertiary/aromatic N) is 2. The summed E-state index contributed by atoms with van der Waals surface area (Å²) in [5, 5.41) is 12.8. The summed E-state index contributed by atoms with van der Waals surface area (Å²) in [6.45, 7) is 8.40. The van der Waals surface area contributed by atoms with Crippen LogP contribution in [-0.4, -0.2) is 72.2 Å². The summed E-state index contributed by atoms with van der Waals surface area (Å²) < 4.78 is 0. The van der Waals surface area contributed by atoms with Gasteiger partial charge < -0.3 is 10.0 Å². The van der Waals surface area contributed by atoms with Gasteiger partial charge in [0, 0.05) is 25.2 Å². The van der Waals surface area contributed by atoms with Gasteiger partial charge in [0.1, 0.15) is 5.54 Å². The minimum Gasteiger partial charge on any atom is -0.480 e. The molecule has 0 bridgehead atoms. The molecule has 1 aliphatic rings. The molecule has 0 aromatic rings. The molecule has 1 saturated carbocycles. The van der Waals surface area contributed by atoms with Gasteiger partial charge in [-0.2, -0.15) is 0 Å². The Morgan fingerprint density at radius 3 is 2.42 bits per heavy atom.